The van der Waals surface area contributed by atoms with Gasteiger partial charge in [-0.2, -0.15) is 13.2 Å². The minimum Gasteiger partial charge on any atom is -0.360 e. The molecule has 0 aliphatic carbocycles. The molecule has 1 aromatic heterocycles. The minimum atomic E-state index is -4.39. The fourth-order valence-corrected chi connectivity index (χ4v) is 1.68. The summed E-state index contributed by atoms with van der Waals surface area (Å²) in [4.78, 5) is 0. The van der Waals surface area contributed by atoms with Crippen molar-refractivity contribution >= 4 is 16.5 Å². The molecule has 0 aromatic carbocycles. The van der Waals surface area contributed by atoms with Gasteiger partial charge in [0.2, 0.25) is 10.1 Å². The Morgan fingerprint density at radius 2 is 2.06 bits per heavy atom. The fraction of sp³-hybridized carbons (Fsp3) is 0.778. The third-order valence-corrected chi connectivity index (χ3v) is 3.20. The van der Waals surface area contributed by atoms with Gasteiger partial charge in [-0.15, -0.1) is 10.2 Å². The van der Waals surface area contributed by atoms with Crippen LogP contribution in [0.5, 0.6) is 0 Å². The molecule has 1 atom stereocenters. The van der Waals surface area contributed by atoms with Gasteiger partial charge >= 0.3 is 6.18 Å². The molecule has 0 spiro atoms. The molecule has 92 valence electrons. The summed E-state index contributed by atoms with van der Waals surface area (Å²) >= 11 is 0.541. The third kappa shape index (κ3) is 3.96. The van der Waals surface area contributed by atoms with Crippen molar-refractivity contribution in [2.75, 3.05) is 11.9 Å². The Hall–Kier alpha value is -0.850. The summed E-state index contributed by atoms with van der Waals surface area (Å²) in [7, 11) is 0. The molecule has 0 amide bonds. The number of rotatable bonds is 5. The maximum Gasteiger partial charge on any atom is 0.445 e. The lowest BCUT2D eigenvalue weighted by Gasteiger charge is -2.07. The first-order chi connectivity index (χ1) is 7.43. The standard InChI is InChI=1S/C9H14F3N3S/c1-3-6(2)4-5-13-8-15-14-7(16-8)9(10,11)12/h6H,3-5H2,1-2H3,(H,13,15). The fourth-order valence-electron chi connectivity index (χ4n) is 1.04. The average Bonchev–Trinajstić information content (AvgIpc) is 2.65. The number of nitrogens with one attached hydrogen (secondary N) is 1. The van der Waals surface area contributed by atoms with Gasteiger partial charge in [-0.05, 0) is 12.3 Å². The number of alkyl halides is 3. The van der Waals surface area contributed by atoms with E-state index in [0.717, 1.165) is 12.8 Å². The summed E-state index contributed by atoms with van der Waals surface area (Å²) in [5.41, 5.74) is 0. The first-order valence-electron chi connectivity index (χ1n) is 5.08. The van der Waals surface area contributed by atoms with Crippen LogP contribution in [0.15, 0.2) is 0 Å². The quantitative estimate of drug-likeness (QED) is 0.873. The molecule has 7 heteroatoms. The zero-order valence-electron chi connectivity index (χ0n) is 9.14. The van der Waals surface area contributed by atoms with Crippen LogP contribution in [-0.4, -0.2) is 16.7 Å². The van der Waals surface area contributed by atoms with Crippen LogP contribution in [0.25, 0.3) is 0 Å². The van der Waals surface area contributed by atoms with E-state index >= 15 is 0 Å². The molecule has 1 rings (SSSR count). The van der Waals surface area contributed by atoms with Gasteiger partial charge in [0.15, 0.2) is 0 Å². The summed E-state index contributed by atoms with van der Waals surface area (Å²) in [5, 5.41) is 8.70. The Morgan fingerprint density at radius 3 is 2.56 bits per heavy atom. The number of halogens is 3. The van der Waals surface area contributed by atoms with Gasteiger partial charge in [0.05, 0.1) is 0 Å². The number of hydrogen-bond donors (Lipinski definition) is 1. The SMILES string of the molecule is CCC(C)CCNc1nnc(C(F)(F)F)s1. The molecule has 0 saturated heterocycles. The summed E-state index contributed by atoms with van der Waals surface area (Å²) < 4.78 is 36.6. The molecule has 0 fully saturated rings. The van der Waals surface area contributed by atoms with E-state index in [9.17, 15) is 13.2 Å². The zero-order valence-corrected chi connectivity index (χ0v) is 9.95. The highest BCUT2D eigenvalue weighted by Gasteiger charge is 2.35. The molecule has 1 aromatic rings. The van der Waals surface area contributed by atoms with Crippen molar-refractivity contribution in [2.24, 2.45) is 5.92 Å². The van der Waals surface area contributed by atoms with Crippen LogP contribution in [0.1, 0.15) is 31.7 Å². The lowest BCUT2D eigenvalue weighted by molar-refractivity contribution is -0.138. The summed E-state index contributed by atoms with van der Waals surface area (Å²) in [5.74, 6) is 0.558. The maximum absolute atomic E-state index is 12.2. The van der Waals surface area contributed by atoms with Gasteiger partial charge in [-0.1, -0.05) is 31.6 Å². The van der Waals surface area contributed by atoms with Crippen LogP contribution in [0.2, 0.25) is 0 Å². The van der Waals surface area contributed by atoms with Crippen LogP contribution < -0.4 is 5.32 Å². The summed E-state index contributed by atoms with van der Waals surface area (Å²) in [6, 6.07) is 0. The topological polar surface area (TPSA) is 37.8 Å². The molecule has 16 heavy (non-hydrogen) atoms. The Bertz CT molecular complexity index is 324. The Kier molecular flexibility index (Phi) is 4.52. The van der Waals surface area contributed by atoms with Crippen molar-refractivity contribution in [3.63, 3.8) is 0 Å². The largest absolute Gasteiger partial charge is 0.445 e. The first-order valence-corrected chi connectivity index (χ1v) is 5.89. The predicted molar refractivity (Wildman–Crippen MR) is 57.5 cm³/mol. The minimum absolute atomic E-state index is 0.232. The van der Waals surface area contributed by atoms with Crippen LogP contribution in [0.3, 0.4) is 0 Å². The second kappa shape index (κ2) is 5.47. The van der Waals surface area contributed by atoms with E-state index in [1.807, 2.05) is 0 Å². The average molecular weight is 253 g/mol. The highest BCUT2D eigenvalue weighted by Crippen LogP contribution is 2.32. The number of anilines is 1. The van der Waals surface area contributed by atoms with E-state index in [0.29, 0.717) is 23.8 Å². The molecule has 3 nitrogen and oxygen atoms in total. The maximum atomic E-state index is 12.2. The smallest absolute Gasteiger partial charge is 0.360 e. The molecule has 0 saturated carbocycles. The van der Waals surface area contributed by atoms with Crippen molar-refractivity contribution in [1.82, 2.24) is 10.2 Å². The molecule has 1 unspecified atom stereocenters. The van der Waals surface area contributed by atoms with Gasteiger partial charge in [-0.3, -0.25) is 0 Å². The van der Waals surface area contributed by atoms with Crippen molar-refractivity contribution in [3.05, 3.63) is 5.01 Å². The molecular formula is C9H14F3N3S. The van der Waals surface area contributed by atoms with Gasteiger partial charge in [0, 0.05) is 6.54 Å². The molecule has 1 heterocycles. The first kappa shape index (κ1) is 13.2. The van der Waals surface area contributed by atoms with E-state index in [-0.39, 0.29) is 5.13 Å². The Morgan fingerprint density at radius 1 is 1.38 bits per heavy atom. The highest BCUT2D eigenvalue weighted by molar-refractivity contribution is 7.15. The second-order valence-electron chi connectivity index (χ2n) is 3.64. The summed E-state index contributed by atoms with van der Waals surface area (Å²) in [6.45, 7) is 4.81. The van der Waals surface area contributed by atoms with Gasteiger partial charge < -0.3 is 5.32 Å². The van der Waals surface area contributed by atoms with Gasteiger partial charge in [0.25, 0.3) is 0 Å². The van der Waals surface area contributed by atoms with Crippen molar-refractivity contribution in [1.29, 1.82) is 0 Å². The molecule has 0 aliphatic heterocycles. The second-order valence-corrected chi connectivity index (χ2v) is 4.62. The number of aromatic nitrogens is 2. The lowest BCUT2D eigenvalue weighted by Crippen LogP contribution is -2.05. The number of nitrogens with zero attached hydrogens (tertiary/aromatic N) is 2. The van der Waals surface area contributed by atoms with E-state index in [4.69, 9.17) is 0 Å². The molecular weight excluding hydrogens is 239 g/mol. The summed E-state index contributed by atoms with van der Waals surface area (Å²) in [6.07, 6.45) is -2.42. The van der Waals surface area contributed by atoms with Gasteiger partial charge in [-0.25, -0.2) is 0 Å². The van der Waals surface area contributed by atoms with Crippen LogP contribution in [-0.2, 0) is 6.18 Å². The van der Waals surface area contributed by atoms with E-state index in [2.05, 4.69) is 29.4 Å². The van der Waals surface area contributed by atoms with Crippen molar-refractivity contribution in [3.8, 4) is 0 Å². The monoisotopic (exact) mass is 253 g/mol. The van der Waals surface area contributed by atoms with Crippen LogP contribution >= 0.6 is 11.3 Å². The Balaban J connectivity index is 2.41. The van der Waals surface area contributed by atoms with Crippen LogP contribution in [0.4, 0.5) is 18.3 Å². The number of hydrogen-bond acceptors (Lipinski definition) is 4. The normalized spacial score (nSPS) is 13.8. The molecule has 1 N–H and O–H groups in total. The van der Waals surface area contributed by atoms with Gasteiger partial charge in [0.1, 0.15) is 0 Å². The predicted octanol–water partition coefficient (Wildman–Crippen LogP) is 3.41. The van der Waals surface area contributed by atoms with E-state index in [1.54, 1.807) is 0 Å². The van der Waals surface area contributed by atoms with E-state index < -0.39 is 11.2 Å². The Labute approximate surface area is 96.1 Å². The van der Waals surface area contributed by atoms with Crippen molar-refractivity contribution < 1.29 is 13.2 Å². The molecule has 0 radical (unpaired) electrons. The van der Waals surface area contributed by atoms with E-state index in [1.165, 1.54) is 0 Å². The zero-order chi connectivity index (χ0) is 12.2. The molecule has 0 aliphatic rings. The van der Waals surface area contributed by atoms with Crippen LogP contribution in [0, 0.1) is 5.92 Å². The third-order valence-electron chi connectivity index (χ3n) is 2.28. The van der Waals surface area contributed by atoms with Crippen molar-refractivity contribution in [2.45, 2.75) is 32.9 Å². The lowest BCUT2D eigenvalue weighted by atomic mass is 10.1. The highest BCUT2D eigenvalue weighted by atomic mass is 32.1. The molecule has 0 bridgehead atoms.